The van der Waals surface area contributed by atoms with Gasteiger partial charge in [0.2, 0.25) is 0 Å². The summed E-state index contributed by atoms with van der Waals surface area (Å²) in [7, 11) is 1.26. The van der Waals surface area contributed by atoms with E-state index in [0.29, 0.717) is 54.5 Å². The third kappa shape index (κ3) is 8.80. The van der Waals surface area contributed by atoms with Crippen molar-refractivity contribution >= 4 is 51.3 Å². The lowest BCUT2D eigenvalue weighted by molar-refractivity contribution is -0.143. The number of hydrogen-bond acceptors (Lipinski definition) is 12. The smallest absolute Gasteiger partial charge is 0.343 e. The van der Waals surface area contributed by atoms with E-state index in [2.05, 4.69) is 25.7 Å². The van der Waals surface area contributed by atoms with Crippen LogP contribution in [-0.4, -0.2) is 61.1 Å². The number of methoxy groups -OCH3 is 1. The van der Waals surface area contributed by atoms with E-state index in [1.165, 1.54) is 23.8 Å². The molecule has 0 bridgehead atoms. The van der Waals surface area contributed by atoms with Crippen LogP contribution in [0.1, 0.15) is 60.8 Å². The number of halogens is 1. The molecule has 1 aliphatic rings. The number of carbonyl (C=O) groups excluding carboxylic acids is 2. The molecule has 13 nitrogen and oxygen atoms in total. The lowest BCUT2D eigenvalue weighted by Crippen LogP contribution is -2.40. The topological polar surface area (TPSA) is 161 Å². The van der Waals surface area contributed by atoms with Crippen LogP contribution in [-0.2, 0) is 25.7 Å². The minimum atomic E-state index is -1.01. The Labute approximate surface area is 316 Å². The van der Waals surface area contributed by atoms with Crippen LogP contribution < -0.4 is 33.8 Å². The van der Waals surface area contributed by atoms with E-state index in [1.807, 2.05) is 6.92 Å². The van der Waals surface area contributed by atoms with Gasteiger partial charge in [-0.1, -0.05) is 29.5 Å². The summed E-state index contributed by atoms with van der Waals surface area (Å²) in [6.07, 6.45) is 1.71. The Morgan fingerprint density at radius 2 is 1.64 bits per heavy atom. The molecule has 1 atom stereocenters. The number of fused-ring (bicyclic) bond motifs is 1. The van der Waals surface area contributed by atoms with E-state index in [0.717, 1.165) is 16.9 Å². The molecule has 15 heteroatoms. The van der Waals surface area contributed by atoms with E-state index in [1.54, 1.807) is 69.3 Å². The van der Waals surface area contributed by atoms with Gasteiger partial charge in [-0.25, -0.2) is 19.4 Å². The van der Waals surface area contributed by atoms with Gasteiger partial charge in [0.25, 0.3) is 5.56 Å². The molecule has 1 aromatic heterocycles. The maximum Gasteiger partial charge on any atom is 0.343 e. The summed E-state index contributed by atoms with van der Waals surface area (Å²) in [4.78, 5) is 55.8. The molecule has 278 valence electrons. The lowest BCUT2D eigenvalue weighted by atomic mass is 9.95. The summed E-state index contributed by atoms with van der Waals surface area (Å²) in [6.45, 7) is 7.58. The van der Waals surface area contributed by atoms with Crippen molar-refractivity contribution in [3.05, 3.63) is 112 Å². The number of rotatable bonds is 15. The summed E-state index contributed by atoms with van der Waals surface area (Å²) in [5.41, 5.74) is 2.29. The third-order valence-corrected chi connectivity index (χ3v) is 9.46. The van der Waals surface area contributed by atoms with Gasteiger partial charge < -0.3 is 33.5 Å². The van der Waals surface area contributed by atoms with Gasteiger partial charge in [0.1, 0.15) is 6.61 Å². The molecule has 0 unspecified atom stereocenters. The first-order chi connectivity index (χ1) is 25.5. The molecule has 1 N–H and O–H groups in total. The van der Waals surface area contributed by atoms with Crippen LogP contribution in [0.25, 0.3) is 6.08 Å². The fraction of sp³-hybridized carbons (Fsp3) is 0.289. The van der Waals surface area contributed by atoms with Crippen LogP contribution in [0.4, 0.5) is 0 Å². The average Bonchev–Trinajstić information content (AvgIpc) is 3.43. The summed E-state index contributed by atoms with van der Waals surface area (Å²) in [5.74, 6) is -0.742. The number of aromatic carboxylic acids is 1. The van der Waals surface area contributed by atoms with Gasteiger partial charge in [-0.2, -0.15) is 0 Å². The van der Waals surface area contributed by atoms with Gasteiger partial charge in [-0.3, -0.25) is 9.36 Å². The minimum Gasteiger partial charge on any atom is -0.490 e. The van der Waals surface area contributed by atoms with Gasteiger partial charge in [0.05, 0.1) is 58.8 Å². The molecule has 5 rings (SSSR count). The van der Waals surface area contributed by atoms with Gasteiger partial charge >= 0.3 is 17.9 Å². The molecule has 0 radical (unpaired) electrons. The monoisotopic (exact) mass is 808 g/mol. The van der Waals surface area contributed by atoms with Crippen LogP contribution in [0.3, 0.4) is 0 Å². The number of carbonyl (C=O) groups is 3. The minimum absolute atomic E-state index is 0.116. The van der Waals surface area contributed by atoms with Crippen molar-refractivity contribution in [2.24, 2.45) is 4.99 Å². The highest BCUT2D eigenvalue weighted by atomic mass is 79.9. The van der Waals surface area contributed by atoms with E-state index >= 15 is 0 Å². The van der Waals surface area contributed by atoms with Crippen molar-refractivity contribution in [2.75, 3.05) is 33.5 Å². The van der Waals surface area contributed by atoms with Crippen LogP contribution in [0, 0.1) is 0 Å². The Kier molecular flexibility index (Phi) is 12.7. The van der Waals surface area contributed by atoms with Crippen LogP contribution in [0.15, 0.2) is 80.1 Å². The van der Waals surface area contributed by atoms with Gasteiger partial charge in [-0.15, -0.1) is 0 Å². The zero-order chi connectivity index (χ0) is 38.2. The Hall–Kier alpha value is -5.41. The van der Waals surface area contributed by atoms with Gasteiger partial charge in [-0.05, 0) is 103 Å². The number of carboxylic acids is 1. The van der Waals surface area contributed by atoms with Gasteiger partial charge in [0, 0.05) is 0 Å². The number of esters is 2. The molecule has 53 heavy (non-hydrogen) atoms. The van der Waals surface area contributed by atoms with E-state index in [4.69, 9.17) is 23.7 Å². The zero-order valence-electron chi connectivity index (χ0n) is 29.6. The van der Waals surface area contributed by atoms with Crippen molar-refractivity contribution in [3.8, 4) is 23.0 Å². The number of nitrogens with zero attached hydrogens (tertiary/aromatic N) is 2. The maximum atomic E-state index is 14.3. The van der Waals surface area contributed by atoms with Crippen molar-refractivity contribution in [1.29, 1.82) is 0 Å². The first-order valence-electron chi connectivity index (χ1n) is 16.6. The molecule has 3 aromatic carbocycles. The molecular weight excluding hydrogens is 772 g/mol. The number of carboxylic acid groups (broad SMARTS) is 1. The molecular formula is C38H37BrN2O11S. The summed E-state index contributed by atoms with van der Waals surface area (Å²) < 4.78 is 36.0. The average molecular weight is 810 g/mol. The predicted molar refractivity (Wildman–Crippen MR) is 199 cm³/mol. The normalized spacial score (nSPS) is 13.8. The zero-order valence-corrected chi connectivity index (χ0v) is 32.0. The van der Waals surface area contributed by atoms with Crippen molar-refractivity contribution < 1.29 is 47.9 Å². The molecule has 1 aliphatic heterocycles. The number of hydrogen-bond donors (Lipinski definition) is 1. The van der Waals surface area contributed by atoms with E-state index in [9.17, 15) is 24.3 Å². The quantitative estimate of drug-likeness (QED) is 0.158. The fourth-order valence-corrected chi connectivity index (χ4v) is 7.13. The molecule has 0 aliphatic carbocycles. The Balaban J connectivity index is 1.57. The number of ether oxygens (including phenoxy) is 6. The standard InChI is InChI=1S/C38H37BrN2O11S/c1-6-48-28-18-25(13-14-27(28)51-20-31(42)47-5)33-32(37(46)50-8-3)21(4)40-38-41(33)35(43)30(53-38)17-23-15-26(39)34(29(16-23)49-7-2)52-19-22-9-11-24(12-10-22)36(44)45/h9-18,33H,6-8,19-20H2,1-5H3,(H,44,45)/b30-17-/t33-/m1/s1. The van der Waals surface area contributed by atoms with E-state index < -0.39 is 29.5 Å². The van der Waals surface area contributed by atoms with E-state index in [-0.39, 0.29) is 43.3 Å². The number of benzene rings is 3. The highest BCUT2D eigenvalue weighted by Gasteiger charge is 2.34. The van der Waals surface area contributed by atoms with Crippen LogP contribution in [0.5, 0.6) is 23.0 Å². The molecule has 4 aromatic rings. The second-order valence-electron chi connectivity index (χ2n) is 11.4. The summed E-state index contributed by atoms with van der Waals surface area (Å²) >= 11 is 4.75. The van der Waals surface area contributed by atoms with Crippen molar-refractivity contribution in [1.82, 2.24) is 4.57 Å². The number of allylic oxidation sites excluding steroid dienone is 1. The third-order valence-electron chi connectivity index (χ3n) is 7.89. The predicted octanol–water partition coefficient (Wildman–Crippen LogP) is 5.19. The largest absolute Gasteiger partial charge is 0.490 e. The lowest BCUT2D eigenvalue weighted by Gasteiger charge is -2.25. The molecule has 2 heterocycles. The van der Waals surface area contributed by atoms with Crippen LogP contribution >= 0.6 is 27.3 Å². The number of thiazole rings is 1. The highest BCUT2D eigenvalue weighted by Crippen LogP contribution is 2.39. The Morgan fingerprint density at radius 3 is 2.30 bits per heavy atom. The van der Waals surface area contributed by atoms with Crippen molar-refractivity contribution in [2.45, 2.75) is 40.3 Å². The highest BCUT2D eigenvalue weighted by molar-refractivity contribution is 9.10. The first kappa shape index (κ1) is 38.8. The fourth-order valence-electron chi connectivity index (χ4n) is 5.51. The van der Waals surface area contributed by atoms with Crippen molar-refractivity contribution in [3.63, 3.8) is 0 Å². The Morgan fingerprint density at radius 1 is 0.925 bits per heavy atom. The summed E-state index contributed by atoms with van der Waals surface area (Å²) in [5, 5.41) is 9.19. The maximum absolute atomic E-state index is 14.3. The SMILES string of the molecule is CCOC(=O)C1=C(C)N=c2s/c(=C\c3cc(Br)c(OCc4ccc(C(=O)O)cc4)c(OCC)c3)c(=O)n2[C@@H]1c1ccc(OCC(=O)OC)c(OCC)c1. The number of aromatic nitrogens is 1. The first-order valence-corrected chi connectivity index (χ1v) is 18.2. The summed E-state index contributed by atoms with van der Waals surface area (Å²) in [6, 6.07) is 14.0. The molecule has 0 fully saturated rings. The van der Waals surface area contributed by atoms with Crippen LogP contribution in [0.2, 0.25) is 0 Å². The second-order valence-corrected chi connectivity index (χ2v) is 13.2. The molecule has 0 saturated carbocycles. The van der Waals surface area contributed by atoms with Gasteiger partial charge in [0.15, 0.2) is 34.4 Å². The second kappa shape index (κ2) is 17.4. The molecule has 0 saturated heterocycles. The molecule has 0 spiro atoms. The molecule has 0 amide bonds. The Bertz CT molecular complexity index is 2240.